The van der Waals surface area contributed by atoms with Crippen molar-refractivity contribution in [2.45, 2.75) is 24.9 Å². The van der Waals surface area contributed by atoms with Crippen molar-refractivity contribution in [3.8, 4) is 0 Å². The molecule has 1 aromatic carbocycles. The summed E-state index contributed by atoms with van der Waals surface area (Å²) in [4.78, 5) is 8.04. The topological polar surface area (TPSA) is 81.8 Å². The molecule has 0 aliphatic carbocycles. The number of imidazole rings is 2. The van der Waals surface area contributed by atoms with Gasteiger partial charge in [-0.05, 0) is 26.0 Å². The lowest BCUT2D eigenvalue weighted by atomic mass is 10.3. The van der Waals surface area contributed by atoms with E-state index in [4.69, 9.17) is 0 Å². The highest BCUT2D eigenvalue weighted by molar-refractivity contribution is 7.92. The monoisotopic (exact) mass is 337 g/mol. The van der Waals surface area contributed by atoms with E-state index in [1.807, 2.05) is 13.8 Å². The maximum absolute atomic E-state index is 13.3. The molecule has 0 saturated heterocycles. The molecule has 9 heteroatoms. The molecular weight excluding hydrogens is 321 g/mol. The fraction of sp³-hybridized carbons (Fsp3) is 0.286. The van der Waals surface area contributed by atoms with E-state index in [0.29, 0.717) is 11.0 Å². The van der Waals surface area contributed by atoms with Gasteiger partial charge < -0.3 is 9.13 Å². The van der Waals surface area contributed by atoms with Crippen LogP contribution in [0.15, 0.2) is 35.7 Å². The Bertz CT molecular complexity index is 974. The van der Waals surface area contributed by atoms with Crippen molar-refractivity contribution in [2.24, 2.45) is 7.05 Å². The molecule has 0 amide bonds. The Hall–Kier alpha value is -2.42. The predicted molar refractivity (Wildman–Crippen MR) is 84.1 cm³/mol. The van der Waals surface area contributed by atoms with Crippen molar-refractivity contribution in [3.63, 3.8) is 0 Å². The van der Waals surface area contributed by atoms with Crippen LogP contribution in [0.25, 0.3) is 11.0 Å². The number of rotatable bonds is 4. The fourth-order valence-electron chi connectivity index (χ4n) is 2.18. The molecule has 0 fully saturated rings. The van der Waals surface area contributed by atoms with Crippen LogP contribution >= 0.6 is 0 Å². The third-order valence-corrected chi connectivity index (χ3v) is 4.73. The van der Waals surface area contributed by atoms with E-state index in [-0.39, 0.29) is 17.0 Å². The summed E-state index contributed by atoms with van der Waals surface area (Å²) in [5.41, 5.74) is 0.995. The molecule has 3 rings (SSSR count). The van der Waals surface area contributed by atoms with Crippen LogP contribution < -0.4 is 4.72 Å². The van der Waals surface area contributed by atoms with Crippen molar-refractivity contribution in [2.75, 3.05) is 4.72 Å². The second kappa shape index (κ2) is 5.34. The van der Waals surface area contributed by atoms with Crippen LogP contribution in [-0.2, 0) is 17.1 Å². The van der Waals surface area contributed by atoms with Gasteiger partial charge in [-0.2, -0.15) is 8.42 Å². The molecule has 7 nitrogen and oxygen atoms in total. The zero-order valence-corrected chi connectivity index (χ0v) is 13.7. The van der Waals surface area contributed by atoms with Gasteiger partial charge in [0, 0.05) is 25.4 Å². The van der Waals surface area contributed by atoms with Gasteiger partial charge in [0.2, 0.25) is 5.95 Å². The van der Waals surface area contributed by atoms with Gasteiger partial charge in [-0.15, -0.1) is 0 Å². The van der Waals surface area contributed by atoms with E-state index in [9.17, 15) is 12.8 Å². The number of fused-ring (bicyclic) bond motifs is 1. The smallest absolute Gasteiger partial charge is 0.283 e. The lowest BCUT2D eigenvalue weighted by Gasteiger charge is -2.06. The third-order valence-electron chi connectivity index (χ3n) is 3.52. The molecule has 0 radical (unpaired) electrons. The first-order valence-corrected chi connectivity index (χ1v) is 8.44. The molecule has 23 heavy (non-hydrogen) atoms. The first-order chi connectivity index (χ1) is 10.8. The lowest BCUT2D eigenvalue weighted by molar-refractivity contribution is 0.591. The Morgan fingerprint density at radius 3 is 2.70 bits per heavy atom. The Morgan fingerprint density at radius 2 is 2.04 bits per heavy atom. The molecule has 0 aliphatic rings. The molecule has 2 heterocycles. The molecule has 0 spiro atoms. The Morgan fingerprint density at radius 1 is 1.30 bits per heavy atom. The normalized spacial score (nSPS) is 12.2. The number of benzene rings is 1. The first-order valence-electron chi connectivity index (χ1n) is 6.96. The van der Waals surface area contributed by atoms with Gasteiger partial charge in [-0.3, -0.25) is 0 Å². The highest BCUT2D eigenvalue weighted by atomic mass is 32.2. The average Bonchev–Trinajstić information content (AvgIpc) is 3.05. The number of halogens is 1. The van der Waals surface area contributed by atoms with Gasteiger partial charge in [-0.1, -0.05) is 0 Å². The van der Waals surface area contributed by atoms with Crippen molar-refractivity contribution in [3.05, 3.63) is 36.5 Å². The van der Waals surface area contributed by atoms with Crippen LogP contribution in [0.3, 0.4) is 0 Å². The summed E-state index contributed by atoms with van der Waals surface area (Å²) in [5, 5.41) is -0.0931. The zero-order valence-electron chi connectivity index (χ0n) is 12.9. The number of anilines is 1. The van der Waals surface area contributed by atoms with E-state index in [0.717, 1.165) is 0 Å². The van der Waals surface area contributed by atoms with Gasteiger partial charge in [0.05, 0.1) is 17.4 Å². The number of aryl methyl sites for hydroxylation is 1. The van der Waals surface area contributed by atoms with E-state index in [2.05, 4.69) is 14.7 Å². The van der Waals surface area contributed by atoms with E-state index >= 15 is 0 Å². The standard InChI is InChI=1S/C14H16FN5O2S/c1-9(2)20-7-13(16-8-20)23(21,22)18-14-17-11-6-10(15)4-5-12(11)19(14)3/h4-9H,1-3H3,(H,17,18). The van der Waals surface area contributed by atoms with Crippen LogP contribution in [0.5, 0.6) is 0 Å². The molecule has 2 aromatic heterocycles. The number of aromatic nitrogens is 4. The summed E-state index contributed by atoms with van der Waals surface area (Å²) in [7, 11) is -2.21. The number of sulfonamides is 1. The fourth-order valence-corrected chi connectivity index (χ4v) is 3.15. The highest BCUT2D eigenvalue weighted by Gasteiger charge is 2.21. The van der Waals surface area contributed by atoms with E-state index < -0.39 is 15.8 Å². The average molecular weight is 337 g/mol. The molecule has 3 aromatic rings. The maximum atomic E-state index is 13.3. The predicted octanol–water partition coefficient (Wildman–Crippen LogP) is 2.29. The number of hydrogen-bond donors (Lipinski definition) is 1. The van der Waals surface area contributed by atoms with Crippen molar-refractivity contribution < 1.29 is 12.8 Å². The highest BCUT2D eigenvalue weighted by Crippen LogP contribution is 2.21. The number of nitrogens with one attached hydrogen (secondary N) is 1. The minimum absolute atomic E-state index is 0.0931. The third kappa shape index (κ3) is 2.79. The SMILES string of the molecule is CC(C)n1cnc(S(=O)(=O)Nc2nc3cc(F)ccc3n2C)c1. The number of hydrogen-bond acceptors (Lipinski definition) is 4. The summed E-state index contributed by atoms with van der Waals surface area (Å²) in [6, 6.07) is 4.20. The van der Waals surface area contributed by atoms with Crippen molar-refractivity contribution >= 4 is 27.0 Å². The first kappa shape index (κ1) is 15.5. The molecule has 0 atom stereocenters. The minimum atomic E-state index is -3.87. The molecule has 0 bridgehead atoms. The molecule has 0 unspecified atom stereocenters. The molecule has 122 valence electrons. The summed E-state index contributed by atoms with van der Waals surface area (Å²) in [6.07, 6.45) is 2.92. The second-order valence-electron chi connectivity index (χ2n) is 5.49. The maximum Gasteiger partial charge on any atom is 0.283 e. The van der Waals surface area contributed by atoms with Crippen molar-refractivity contribution in [1.29, 1.82) is 0 Å². The zero-order chi connectivity index (χ0) is 16.8. The van der Waals surface area contributed by atoms with Gasteiger partial charge in [0.1, 0.15) is 5.82 Å². The van der Waals surface area contributed by atoms with Gasteiger partial charge >= 0.3 is 0 Å². The summed E-state index contributed by atoms with van der Waals surface area (Å²) in [5.74, 6) is -0.328. The molecule has 0 saturated carbocycles. The largest absolute Gasteiger partial charge is 0.334 e. The van der Waals surface area contributed by atoms with E-state index in [1.54, 1.807) is 22.2 Å². The molecule has 1 N–H and O–H groups in total. The molecule has 0 aliphatic heterocycles. The van der Waals surface area contributed by atoms with Crippen LogP contribution in [0, 0.1) is 5.82 Å². The van der Waals surface area contributed by atoms with Gasteiger partial charge in [0.15, 0.2) is 5.03 Å². The summed E-state index contributed by atoms with van der Waals surface area (Å²) in [6.45, 7) is 3.84. The second-order valence-corrected chi connectivity index (χ2v) is 7.12. The van der Waals surface area contributed by atoms with Crippen LogP contribution in [0.1, 0.15) is 19.9 Å². The quantitative estimate of drug-likeness (QED) is 0.792. The molecular formula is C14H16FN5O2S. The van der Waals surface area contributed by atoms with Crippen molar-refractivity contribution in [1.82, 2.24) is 19.1 Å². The van der Waals surface area contributed by atoms with Gasteiger partial charge in [0.25, 0.3) is 10.0 Å². The lowest BCUT2D eigenvalue weighted by Crippen LogP contribution is -2.16. The number of nitrogens with zero attached hydrogens (tertiary/aromatic N) is 4. The van der Waals surface area contributed by atoms with Crippen LogP contribution in [0.4, 0.5) is 10.3 Å². The summed E-state index contributed by atoms with van der Waals surface area (Å²) >= 11 is 0. The van der Waals surface area contributed by atoms with Crippen LogP contribution in [0.2, 0.25) is 0 Å². The Balaban J connectivity index is 1.98. The summed E-state index contributed by atoms with van der Waals surface area (Å²) < 4.78 is 43.7. The van der Waals surface area contributed by atoms with Crippen LogP contribution in [-0.4, -0.2) is 27.5 Å². The Labute approximate surface area is 132 Å². The minimum Gasteiger partial charge on any atom is -0.334 e. The van der Waals surface area contributed by atoms with Gasteiger partial charge in [-0.25, -0.2) is 19.1 Å². The van der Waals surface area contributed by atoms with E-state index in [1.165, 1.54) is 24.7 Å². The Kier molecular flexibility index (Phi) is 3.59.